The van der Waals surface area contributed by atoms with Crippen LogP contribution in [-0.4, -0.2) is 43.1 Å². The van der Waals surface area contributed by atoms with Gasteiger partial charge in [0.05, 0.1) is 11.3 Å². The lowest BCUT2D eigenvalue weighted by molar-refractivity contribution is 0.0825. The number of carbonyl (C=O) groups is 1. The number of thioether (sulfide) groups is 1. The van der Waals surface area contributed by atoms with Crippen LogP contribution in [0, 0.1) is 0 Å². The predicted molar refractivity (Wildman–Crippen MR) is 101 cm³/mol. The molecular weight excluding hydrogens is 382 g/mol. The van der Waals surface area contributed by atoms with E-state index >= 15 is 0 Å². The molecule has 8 nitrogen and oxygen atoms in total. The fraction of sp³-hybridized carbons (Fsp3) is 0.211. The summed E-state index contributed by atoms with van der Waals surface area (Å²) in [5.74, 6) is 1.36. The van der Waals surface area contributed by atoms with Crippen LogP contribution < -0.4 is 9.47 Å². The molecule has 2 N–H and O–H groups in total. The SMILES string of the molecule is Cn1c(SCC(=O)c2ccc(O)cc2O)nnc1C1COc2ccccc2O1. The molecule has 0 amide bonds. The Bertz CT molecular complexity index is 1040. The first-order chi connectivity index (χ1) is 13.5. The zero-order valence-corrected chi connectivity index (χ0v) is 15.7. The zero-order valence-electron chi connectivity index (χ0n) is 14.9. The number of aromatic hydroxyl groups is 2. The van der Waals surface area contributed by atoms with Crippen LogP contribution in [0.25, 0.3) is 0 Å². The second-order valence-corrected chi connectivity index (χ2v) is 7.12. The van der Waals surface area contributed by atoms with E-state index in [0.717, 1.165) is 6.07 Å². The van der Waals surface area contributed by atoms with Gasteiger partial charge in [0.15, 0.2) is 34.4 Å². The van der Waals surface area contributed by atoms with E-state index in [2.05, 4.69) is 10.2 Å². The highest BCUT2D eigenvalue weighted by Gasteiger charge is 2.27. The molecule has 0 spiro atoms. The van der Waals surface area contributed by atoms with Gasteiger partial charge in [0.2, 0.25) is 0 Å². The lowest BCUT2D eigenvalue weighted by atomic mass is 10.1. The summed E-state index contributed by atoms with van der Waals surface area (Å²) in [6.45, 7) is 0.313. The number of ether oxygens (including phenoxy) is 2. The molecule has 1 aromatic heterocycles. The smallest absolute Gasteiger partial charge is 0.192 e. The van der Waals surface area contributed by atoms with Crippen LogP contribution in [0.1, 0.15) is 22.3 Å². The number of hydrogen-bond donors (Lipinski definition) is 2. The van der Waals surface area contributed by atoms with Crippen molar-refractivity contribution in [3.63, 3.8) is 0 Å². The number of hydrogen-bond acceptors (Lipinski definition) is 8. The molecule has 2 heterocycles. The molecular formula is C19H17N3O5S. The van der Waals surface area contributed by atoms with Crippen LogP contribution in [0.2, 0.25) is 0 Å². The van der Waals surface area contributed by atoms with Gasteiger partial charge < -0.3 is 24.3 Å². The molecule has 3 aromatic rings. The summed E-state index contributed by atoms with van der Waals surface area (Å²) in [7, 11) is 1.80. The van der Waals surface area contributed by atoms with Gasteiger partial charge in [0.25, 0.3) is 0 Å². The Morgan fingerprint density at radius 2 is 2.00 bits per heavy atom. The van der Waals surface area contributed by atoms with Crippen LogP contribution in [0.15, 0.2) is 47.6 Å². The highest BCUT2D eigenvalue weighted by Crippen LogP contribution is 2.36. The molecule has 4 rings (SSSR count). The third kappa shape index (κ3) is 3.48. The molecule has 1 aliphatic rings. The van der Waals surface area contributed by atoms with E-state index < -0.39 is 6.10 Å². The van der Waals surface area contributed by atoms with Crippen molar-refractivity contribution in [1.82, 2.24) is 14.8 Å². The van der Waals surface area contributed by atoms with Gasteiger partial charge in [-0.15, -0.1) is 10.2 Å². The third-order valence-corrected chi connectivity index (χ3v) is 5.30. The molecule has 0 bridgehead atoms. The van der Waals surface area contributed by atoms with E-state index in [1.54, 1.807) is 11.6 Å². The van der Waals surface area contributed by atoms with E-state index in [9.17, 15) is 15.0 Å². The molecule has 1 atom stereocenters. The van der Waals surface area contributed by atoms with Gasteiger partial charge in [-0.05, 0) is 24.3 Å². The Morgan fingerprint density at radius 3 is 2.79 bits per heavy atom. The monoisotopic (exact) mass is 399 g/mol. The Balaban J connectivity index is 1.45. The summed E-state index contributed by atoms with van der Waals surface area (Å²) in [5.41, 5.74) is 0.147. The Labute approximate surface area is 164 Å². The average Bonchev–Trinajstić information content (AvgIpc) is 3.06. The number of phenolic OH excluding ortho intramolecular Hbond substituents is 2. The van der Waals surface area contributed by atoms with Crippen molar-refractivity contribution in [3.8, 4) is 23.0 Å². The minimum atomic E-state index is -0.404. The minimum Gasteiger partial charge on any atom is -0.508 e. The summed E-state index contributed by atoms with van der Waals surface area (Å²) in [5, 5.41) is 28.0. The standard InChI is InChI=1S/C19H17N3O5S/c1-22-18(17-9-26-15-4-2-3-5-16(15)27-17)20-21-19(22)28-10-14(25)12-7-6-11(23)8-13(12)24/h2-8,17,23-24H,9-10H2,1H3. The molecule has 0 saturated heterocycles. The van der Waals surface area contributed by atoms with E-state index in [1.165, 1.54) is 23.9 Å². The minimum absolute atomic E-state index is 0.0646. The molecule has 28 heavy (non-hydrogen) atoms. The van der Waals surface area contributed by atoms with Crippen molar-refractivity contribution in [2.45, 2.75) is 11.3 Å². The first kappa shape index (κ1) is 18.2. The summed E-state index contributed by atoms with van der Waals surface area (Å²) in [4.78, 5) is 12.3. The maximum absolute atomic E-state index is 12.3. The van der Waals surface area contributed by atoms with E-state index in [-0.39, 0.29) is 28.6 Å². The molecule has 2 aromatic carbocycles. The van der Waals surface area contributed by atoms with Gasteiger partial charge in [0.1, 0.15) is 18.1 Å². The van der Waals surface area contributed by atoms with Gasteiger partial charge >= 0.3 is 0 Å². The number of para-hydroxylation sites is 2. The van der Waals surface area contributed by atoms with Crippen LogP contribution in [0.3, 0.4) is 0 Å². The Hall–Kier alpha value is -3.20. The predicted octanol–water partition coefficient (Wildman–Crippen LogP) is 2.71. The fourth-order valence-electron chi connectivity index (χ4n) is 2.84. The lowest BCUT2D eigenvalue weighted by Crippen LogP contribution is -2.24. The highest BCUT2D eigenvalue weighted by molar-refractivity contribution is 7.99. The van der Waals surface area contributed by atoms with Gasteiger partial charge in [-0.2, -0.15) is 0 Å². The van der Waals surface area contributed by atoms with E-state index in [4.69, 9.17) is 9.47 Å². The largest absolute Gasteiger partial charge is 0.508 e. The van der Waals surface area contributed by atoms with Crippen molar-refractivity contribution in [2.24, 2.45) is 7.05 Å². The molecule has 9 heteroatoms. The summed E-state index contributed by atoms with van der Waals surface area (Å²) in [6, 6.07) is 11.3. The zero-order chi connectivity index (χ0) is 19.7. The normalized spacial score (nSPS) is 15.4. The first-order valence-corrected chi connectivity index (χ1v) is 9.47. The number of carbonyl (C=O) groups excluding carboxylic acids is 1. The van der Waals surface area contributed by atoms with Gasteiger partial charge in [0, 0.05) is 13.1 Å². The third-order valence-electron chi connectivity index (χ3n) is 4.28. The molecule has 1 unspecified atom stereocenters. The van der Waals surface area contributed by atoms with Gasteiger partial charge in [-0.3, -0.25) is 4.79 Å². The number of benzene rings is 2. The van der Waals surface area contributed by atoms with Crippen molar-refractivity contribution in [1.29, 1.82) is 0 Å². The molecule has 0 fully saturated rings. The van der Waals surface area contributed by atoms with Crippen LogP contribution >= 0.6 is 11.8 Å². The van der Waals surface area contributed by atoms with Gasteiger partial charge in [-0.25, -0.2) is 0 Å². The molecule has 0 saturated carbocycles. The number of Topliss-reactive ketones (excluding diaryl/α,β-unsaturated/α-hetero) is 1. The van der Waals surface area contributed by atoms with E-state index in [0.29, 0.717) is 29.1 Å². The van der Waals surface area contributed by atoms with Crippen LogP contribution in [-0.2, 0) is 7.05 Å². The maximum atomic E-state index is 12.3. The molecule has 0 radical (unpaired) electrons. The van der Waals surface area contributed by atoms with Crippen LogP contribution in [0.5, 0.6) is 23.0 Å². The number of phenols is 2. The molecule has 0 aliphatic carbocycles. The lowest BCUT2D eigenvalue weighted by Gasteiger charge is -2.25. The van der Waals surface area contributed by atoms with Crippen molar-refractivity contribution >= 4 is 17.5 Å². The number of fused-ring (bicyclic) bond motifs is 1. The number of ketones is 1. The summed E-state index contributed by atoms with van der Waals surface area (Å²) >= 11 is 1.20. The van der Waals surface area contributed by atoms with Crippen molar-refractivity contribution < 1.29 is 24.5 Å². The van der Waals surface area contributed by atoms with Gasteiger partial charge in [-0.1, -0.05) is 23.9 Å². The van der Waals surface area contributed by atoms with E-state index in [1.807, 2.05) is 24.3 Å². The topological polar surface area (TPSA) is 107 Å². The number of aromatic nitrogens is 3. The second-order valence-electron chi connectivity index (χ2n) is 6.18. The summed E-state index contributed by atoms with van der Waals surface area (Å²) < 4.78 is 13.4. The second kappa shape index (κ2) is 7.43. The summed E-state index contributed by atoms with van der Waals surface area (Å²) in [6.07, 6.45) is -0.404. The molecule has 144 valence electrons. The van der Waals surface area contributed by atoms with Crippen molar-refractivity contribution in [3.05, 3.63) is 53.9 Å². The quantitative estimate of drug-likeness (QED) is 0.498. The highest BCUT2D eigenvalue weighted by atomic mass is 32.2. The number of nitrogens with zero attached hydrogens (tertiary/aromatic N) is 3. The average molecular weight is 399 g/mol. The maximum Gasteiger partial charge on any atom is 0.192 e. The molecule has 1 aliphatic heterocycles. The fourth-order valence-corrected chi connectivity index (χ4v) is 3.64. The number of rotatable bonds is 5. The Morgan fingerprint density at radius 1 is 1.21 bits per heavy atom. The first-order valence-electron chi connectivity index (χ1n) is 8.48. The van der Waals surface area contributed by atoms with Crippen molar-refractivity contribution in [2.75, 3.05) is 12.4 Å². The van der Waals surface area contributed by atoms with Crippen LogP contribution in [0.4, 0.5) is 0 Å². The Kier molecular flexibility index (Phi) is 4.82.